The fourth-order valence-electron chi connectivity index (χ4n) is 1.43. The molecule has 1 unspecified atom stereocenters. The van der Waals surface area contributed by atoms with Gasteiger partial charge in [0.15, 0.2) is 0 Å². The normalized spacial score (nSPS) is 30.0. The van der Waals surface area contributed by atoms with Crippen molar-refractivity contribution in [3.8, 4) is 0 Å². The Morgan fingerprint density at radius 2 is 2.00 bits per heavy atom. The van der Waals surface area contributed by atoms with E-state index in [1.54, 1.807) is 4.90 Å². The Labute approximate surface area is 77.7 Å². The molecule has 1 fully saturated rings. The van der Waals surface area contributed by atoms with Gasteiger partial charge in [0, 0.05) is 13.1 Å². The smallest absolute Gasteiger partial charge is 0.257 e. The summed E-state index contributed by atoms with van der Waals surface area (Å²) in [5.41, 5.74) is 0. The summed E-state index contributed by atoms with van der Waals surface area (Å²) in [6, 6.07) is 0. The molecule has 1 rings (SSSR count). The molecular weight excluding hydrogens is 174 g/mol. The van der Waals surface area contributed by atoms with Crippen molar-refractivity contribution in [3.05, 3.63) is 0 Å². The van der Waals surface area contributed by atoms with E-state index in [1.807, 2.05) is 13.8 Å². The fourth-order valence-corrected chi connectivity index (χ4v) is 1.58. The van der Waals surface area contributed by atoms with Gasteiger partial charge in [0.2, 0.25) is 0 Å². The van der Waals surface area contributed by atoms with Gasteiger partial charge in [0.1, 0.15) is 0 Å². The van der Waals surface area contributed by atoms with Crippen molar-refractivity contribution in [2.45, 2.75) is 26.1 Å². The predicted molar refractivity (Wildman–Crippen MR) is 50.2 cm³/mol. The van der Waals surface area contributed by atoms with Crippen LogP contribution in [0.15, 0.2) is 0 Å². The van der Waals surface area contributed by atoms with Gasteiger partial charge >= 0.3 is 0 Å². The molecule has 0 bridgehead atoms. The molecule has 0 N–H and O–H groups in total. The quantitative estimate of drug-likeness (QED) is 0.564. The topological polar surface area (TPSA) is 29.5 Å². The fraction of sp³-hybridized carbons (Fsp3) is 0.750. The van der Waals surface area contributed by atoms with Gasteiger partial charge in [0.05, 0.1) is 17.6 Å². The van der Waals surface area contributed by atoms with Crippen molar-refractivity contribution in [3.63, 3.8) is 0 Å². The summed E-state index contributed by atoms with van der Waals surface area (Å²) in [6.45, 7) is 5.21. The maximum Gasteiger partial charge on any atom is 0.257 e. The monoisotopic (exact) mass is 187 g/mol. The van der Waals surface area contributed by atoms with Crippen molar-refractivity contribution in [1.29, 1.82) is 0 Å². The molecule has 2 atom stereocenters. The van der Waals surface area contributed by atoms with Crippen molar-refractivity contribution in [2.24, 2.45) is 0 Å². The summed E-state index contributed by atoms with van der Waals surface area (Å²) in [4.78, 5) is 12.9. The van der Waals surface area contributed by atoms with Gasteiger partial charge < -0.3 is 9.64 Å². The van der Waals surface area contributed by atoms with Crippen molar-refractivity contribution in [1.82, 2.24) is 4.90 Å². The molecule has 3 nitrogen and oxygen atoms in total. The molecular formula is C8H13NO2S. The SMILES string of the molecule is CC1CN(C(=O)C=S)C[C@@H](C)O1. The number of carbonyl (C=O) groups excluding carboxylic acids is 1. The highest BCUT2D eigenvalue weighted by Gasteiger charge is 2.24. The predicted octanol–water partition coefficient (Wildman–Crippen LogP) is 0.622. The zero-order valence-electron chi connectivity index (χ0n) is 7.32. The number of ether oxygens (including phenoxy) is 1. The zero-order chi connectivity index (χ0) is 9.14. The molecule has 0 aromatic carbocycles. The van der Waals surface area contributed by atoms with Crippen LogP contribution < -0.4 is 0 Å². The molecule has 0 spiro atoms. The number of thiocarbonyl (C=S) groups is 1. The van der Waals surface area contributed by atoms with E-state index in [-0.39, 0.29) is 18.1 Å². The number of carbonyl (C=O) groups is 1. The van der Waals surface area contributed by atoms with E-state index in [2.05, 4.69) is 12.2 Å². The summed E-state index contributed by atoms with van der Waals surface area (Å²) < 4.78 is 5.47. The van der Waals surface area contributed by atoms with Gasteiger partial charge in [-0.25, -0.2) is 0 Å². The minimum Gasteiger partial charge on any atom is -0.372 e. The first-order valence-corrected chi connectivity index (χ1v) is 4.50. The summed E-state index contributed by atoms with van der Waals surface area (Å²) in [7, 11) is 0. The van der Waals surface area contributed by atoms with Crippen LogP contribution in [0.2, 0.25) is 0 Å². The standard InChI is InChI=1S/C8H13NO2S/c1-6-3-9(8(10)5-12)4-7(2)11-6/h5-7H,3-4H2,1-2H3/t6-,7?/m1/s1. The second kappa shape index (κ2) is 3.96. The van der Waals surface area contributed by atoms with E-state index in [4.69, 9.17) is 4.74 Å². The molecule has 0 radical (unpaired) electrons. The number of morpholine rings is 1. The number of hydrogen-bond donors (Lipinski definition) is 0. The Kier molecular flexibility index (Phi) is 3.17. The van der Waals surface area contributed by atoms with Crippen LogP contribution in [0.4, 0.5) is 0 Å². The number of amides is 1. The molecule has 1 heterocycles. The third kappa shape index (κ3) is 2.25. The molecule has 4 heteroatoms. The van der Waals surface area contributed by atoms with Gasteiger partial charge in [-0.2, -0.15) is 0 Å². The average Bonchev–Trinajstić information content (AvgIpc) is 2.01. The summed E-state index contributed by atoms with van der Waals surface area (Å²) in [5.74, 6) is -0.0769. The zero-order valence-corrected chi connectivity index (χ0v) is 8.13. The van der Waals surface area contributed by atoms with Gasteiger partial charge in [-0.3, -0.25) is 4.79 Å². The first kappa shape index (κ1) is 9.61. The lowest BCUT2D eigenvalue weighted by Gasteiger charge is -2.34. The minimum absolute atomic E-state index is 0.0769. The maximum atomic E-state index is 11.2. The molecule has 1 aliphatic rings. The third-order valence-corrected chi connectivity index (χ3v) is 2.03. The summed E-state index contributed by atoms with van der Waals surface area (Å²) in [6.07, 6.45) is 0.236. The van der Waals surface area contributed by atoms with Crippen molar-refractivity contribution in [2.75, 3.05) is 13.1 Å². The lowest BCUT2D eigenvalue weighted by atomic mass is 10.2. The number of nitrogens with zero attached hydrogens (tertiary/aromatic N) is 1. The lowest BCUT2D eigenvalue weighted by molar-refractivity contribution is -0.135. The minimum atomic E-state index is -0.0769. The van der Waals surface area contributed by atoms with Crippen LogP contribution in [0.25, 0.3) is 0 Å². The third-order valence-electron chi connectivity index (χ3n) is 1.83. The molecule has 0 aliphatic carbocycles. The first-order chi connectivity index (χ1) is 5.63. The van der Waals surface area contributed by atoms with E-state index in [0.717, 1.165) is 0 Å². The van der Waals surface area contributed by atoms with Crippen molar-refractivity contribution < 1.29 is 9.53 Å². The summed E-state index contributed by atoms with van der Waals surface area (Å²) >= 11 is 4.58. The Morgan fingerprint density at radius 3 is 2.42 bits per heavy atom. The van der Waals surface area contributed by atoms with E-state index < -0.39 is 0 Å². The Bertz CT molecular complexity index is 185. The number of rotatable bonds is 1. The highest BCUT2D eigenvalue weighted by molar-refractivity contribution is 7.80. The Morgan fingerprint density at radius 1 is 1.50 bits per heavy atom. The molecule has 0 aromatic rings. The first-order valence-electron chi connectivity index (χ1n) is 4.03. The van der Waals surface area contributed by atoms with E-state index in [9.17, 15) is 4.79 Å². The maximum absolute atomic E-state index is 11.2. The Balaban J connectivity index is 2.54. The van der Waals surface area contributed by atoms with Crippen LogP contribution in [0.1, 0.15) is 13.8 Å². The van der Waals surface area contributed by atoms with E-state index in [1.165, 1.54) is 5.37 Å². The van der Waals surface area contributed by atoms with Crippen LogP contribution >= 0.6 is 12.2 Å². The molecule has 68 valence electrons. The average molecular weight is 187 g/mol. The lowest BCUT2D eigenvalue weighted by Crippen LogP contribution is -2.48. The highest BCUT2D eigenvalue weighted by atomic mass is 32.1. The van der Waals surface area contributed by atoms with E-state index in [0.29, 0.717) is 13.1 Å². The second-order valence-corrected chi connectivity index (χ2v) is 3.35. The van der Waals surface area contributed by atoms with Crippen LogP contribution in [-0.4, -0.2) is 41.5 Å². The largest absolute Gasteiger partial charge is 0.372 e. The second-order valence-electron chi connectivity index (χ2n) is 3.12. The summed E-state index contributed by atoms with van der Waals surface area (Å²) in [5, 5.41) is 1.19. The highest BCUT2D eigenvalue weighted by Crippen LogP contribution is 2.09. The van der Waals surface area contributed by atoms with Crippen LogP contribution in [0.3, 0.4) is 0 Å². The van der Waals surface area contributed by atoms with Gasteiger partial charge in [-0.15, -0.1) is 0 Å². The van der Waals surface area contributed by atoms with E-state index >= 15 is 0 Å². The molecule has 1 saturated heterocycles. The molecule has 0 aromatic heterocycles. The van der Waals surface area contributed by atoms with Gasteiger partial charge in [-0.05, 0) is 13.8 Å². The van der Waals surface area contributed by atoms with Gasteiger partial charge in [-0.1, -0.05) is 12.2 Å². The molecule has 1 amide bonds. The molecule has 12 heavy (non-hydrogen) atoms. The van der Waals surface area contributed by atoms with Gasteiger partial charge in [0.25, 0.3) is 5.91 Å². The number of hydrogen-bond acceptors (Lipinski definition) is 3. The van der Waals surface area contributed by atoms with Crippen LogP contribution in [0, 0.1) is 0 Å². The van der Waals surface area contributed by atoms with Crippen molar-refractivity contribution >= 4 is 23.5 Å². The van der Waals surface area contributed by atoms with Crippen LogP contribution in [-0.2, 0) is 9.53 Å². The molecule has 0 saturated carbocycles. The van der Waals surface area contributed by atoms with Crippen LogP contribution in [0.5, 0.6) is 0 Å². The molecule has 1 aliphatic heterocycles. The Hall–Kier alpha value is -0.480.